The smallest absolute Gasteiger partial charge is 0.251 e. The van der Waals surface area contributed by atoms with Crippen molar-refractivity contribution in [3.8, 4) is 16.9 Å². The van der Waals surface area contributed by atoms with Crippen molar-refractivity contribution in [1.82, 2.24) is 25.6 Å². The number of aliphatic hydroxyl groups is 1. The summed E-state index contributed by atoms with van der Waals surface area (Å²) < 4.78 is 6.17. The highest BCUT2D eigenvalue weighted by Crippen LogP contribution is 2.61. The number of aromatic nitrogens is 1. The van der Waals surface area contributed by atoms with Crippen molar-refractivity contribution >= 4 is 24.2 Å². The molecule has 10 atom stereocenters. The molecular formula is C46H63N7O5. The van der Waals surface area contributed by atoms with Gasteiger partial charge in [-0.2, -0.15) is 5.06 Å². The SMILES string of the molecule is C=NC[C@@H]1ON(Cc2cccc(-c3cc(C(=O)NC4(CN(C)C)C[C@H]4c4ccccn4)cc(N(C)C)c3)c2OC)[C@H](C(=O)N[C@H]2C[C@H]3C[C@@H]([C@@H]2C)C3(C)C)[C@@H]1[C@H](C)O. The lowest BCUT2D eigenvalue weighted by Crippen LogP contribution is -2.62. The average molecular weight is 794 g/mol. The Morgan fingerprint density at radius 1 is 1.12 bits per heavy atom. The van der Waals surface area contributed by atoms with E-state index in [4.69, 9.17) is 9.57 Å². The van der Waals surface area contributed by atoms with E-state index in [9.17, 15) is 14.7 Å². The highest BCUT2D eigenvalue weighted by Gasteiger charge is 2.58. The molecule has 0 radical (unpaired) electrons. The van der Waals surface area contributed by atoms with Gasteiger partial charge in [-0.05, 0) is 106 Å². The molecule has 2 heterocycles. The average Bonchev–Trinajstić information content (AvgIpc) is 3.75. The molecule has 2 aromatic carbocycles. The third-order valence-electron chi connectivity index (χ3n) is 13.9. The van der Waals surface area contributed by atoms with Gasteiger partial charge in [0.15, 0.2) is 0 Å². The van der Waals surface area contributed by atoms with Crippen LogP contribution in [0.3, 0.4) is 0 Å². The van der Waals surface area contributed by atoms with Crippen LogP contribution in [-0.4, -0.2) is 117 Å². The predicted octanol–water partition coefficient (Wildman–Crippen LogP) is 5.41. The fraction of sp³-hybridized carbons (Fsp3) is 0.565. The lowest BCUT2D eigenvalue weighted by atomic mass is 9.45. The third kappa shape index (κ3) is 7.88. The van der Waals surface area contributed by atoms with E-state index in [-0.39, 0.29) is 36.9 Å². The van der Waals surface area contributed by atoms with Crippen molar-refractivity contribution in [2.75, 3.05) is 53.3 Å². The molecule has 312 valence electrons. The van der Waals surface area contributed by atoms with Crippen LogP contribution < -0.4 is 20.3 Å². The number of ether oxygens (including phenoxy) is 1. The highest BCUT2D eigenvalue weighted by atomic mass is 16.7. The quantitative estimate of drug-likeness (QED) is 0.173. The maximum atomic E-state index is 14.4. The molecule has 4 aliphatic carbocycles. The number of para-hydroxylation sites is 1. The van der Waals surface area contributed by atoms with Crippen LogP contribution in [0.1, 0.15) is 74.5 Å². The van der Waals surface area contributed by atoms with E-state index < -0.39 is 29.7 Å². The van der Waals surface area contributed by atoms with Gasteiger partial charge < -0.3 is 30.3 Å². The summed E-state index contributed by atoms with van der Waals surface area (Å²) in [7, 11) is 9.60. The molecule has 5 aliphatic rings. The molecule has 8 rings (SSSR count). The second-order valence-electron chi connectivity index (χ2n) is 18.5. The van der Waals surface area contributed by atoms with Gasteiger partial charge in [0.25, 0.3) is 5.91 Å². The number of pyridine rings is 1. The number of carbonyl (C=O) groups excluding carboxylic acids is 2. The predicted molar refractivity (Wildman–Crippen MR) is 228 cm³/mol. The minimum absolute atomic E-state index is 0.0594. The van der Waals surface area contributed by atoms with Gasteiger partial charge in [0.2, 0.25) is 5.91 Å². The zero-order chi connectivity index (χ0) is 41.7. The number of benzene rings is 2. The summed E-state index contributed by atoms with van der Waals surface area (Å²) in [4.78, 5) is 48.1. The lowest BCUT2D eigenvalue weighted by Gasteiger charge is -2.62. The number of aliphatic hydroxyl groups excluding tert-OH is 1. The zero-order valence-corrected chi connectivity index (χ0v) is 35.7. The number of methoxy groups -OCH3 is 1. The number of nitrogens with one attached hydrogen (secondary N) is 2. The molecule has 2 bridgehead atoms. The van der Waals surface area contributed by atoms with Crippen molar-refractivity contribution in [1.29, 1.82) is 0 Å². The third-order valence-corrected chi connectivity index (χ3v) is 13.9. The number of likely N-dealkylation sites (N-methyl/N-ethyl adjacent to an activating group) is 1. The van der Waals surface area contributed by atoms with E-state index >= 15 is 0 Å². The molecule has 0 spiro atoms. The first-order chi connectivity index (χ1) is 27.6. The molecule has 1 aromatic heterocycles. The highest BCUT2D eigenvalue weighted by molar-refractivity contribution is 5.98. The lowest BCUT2D eigenvalue weighted by molar-refractivity contribution is -0.175. The topological polar surface area (TPSA) is 132 Å². The molecular weight excluding hydrogens is 731 g/mol. The fourth-order valence-corrected chi connectivity index (χ4v) is 10.6. The van der Waals surface area contributed by atoms with E-state index in [1.54, 1.807) is 25.3 Å². The standard InChI is InChI=1S/C46H63N7O5/c1-27-35-21-32(45(35,3)4)22-38(27)49-44(56)41-40(28(2)54)39(24-47-5)58-53(41)25-29-14-13-15-34(42(29)57-10)30-18-31(20-33(19-30)52(8)9)43(55)50-46(26-51(6)7)23-36(46)37-16-11-12-17-48-37/h11-20,27-28,32,35-36,38-41,54H,5,21-26H2,1-4,6-10H3,(H,49,56)(H,50,55)/t27-,28-,32+,35-,36-,38-,39-,40+,41-,46?/m0/s1. The van der Waals surface area contributed by atoms with Gasteiger partial charge in [-0.15, -0.1) is 0 Å². The summed E-state index contributed by atoms with van der Waals surface area (Å²) >= 11 is 0. The Morgan fingerprint density at radius 2 is 1.90 bits per heavy atom. The maximum absolute atomic E-state index is 14.4. The molecule has 12 nitrogen and oxygen atoms in total. The monoisotopic (exact) mass is 793 g/mol. The fourth-order valence-electron chi connectivity index (χ4n) is 10.6. The maximum Gasteiger partial charge on any atom is 0.251 e. The van der Waals surface area contributed by atoms with Crippen LogP contribution in [0.25, 0.3) is 11.1 Å². The van der Waals surface area contributed by atoms with E-state index in [1.165, 1.54) is 6.42 Å². The molecule has 1 aliphatic heterocycles. The molecule has 58 heavy (non-hydrogen) atoms. The van der Waals surface area contributed by atoms with Crippen molar-refractivity contribution in [3.05, 3.63) is 77.6 Å². The number of rotatable bonds is 15. The van der Waals surface area contributed by atoms with Crippen LogP contribution in [0, 0.1) is 29.1 Å². The van der Waals surface area contributed by atoms with E-state index in [1.807, 2.05) is 81.6 Å². The largest absolute Gasteiger partial charge is 0.496 e. The van der Waals surface area contributed by atoms with Crippen LogP contribution >= 0.6 is 0 Å². The Labute approximate surface area is 344 Å². The van der Waals surface area contributed by atoms with Crippen LogP contribution in [0.15, 0.2) is 65.8 Å². The number of hydroxylamine groups is 2. The van der Waals surface area contributed by atoms with Gasteiger partial charge in [0.1, 0.15) is 17.9 Å². The Balaban J connectivity index is 1.18. The Bertz CT molecular complexity index is 1990. The molecule has 1 unspecified atom stereocenters. The van der Waals surface area contributed by atoms with E-state index in [0.717, 1.165) is 40.9 Å². The summed E-state index contributed by atoms with van der Waals surface area (Å²) in [6.45, 7) is 13.5. The normalized spacial score (nSPS) is 30.3. The number of fused-ring (bicyclic) bond motifs is 2. The molecule has 1 saturated heterocycles. The number of amides is 2. The first-order valence-electron chi connectivity index (χ1n) is 20.8. The van der Waals surface area contributed by atoms with Crippen LogP contribution in [-0.2, 0) is 16.2 Å². The number of aliphatic imine (C=N–C) groups is 1. The van der Waals surface area contributed by atoms with E-state index in [2.05, 4.69) is 59.1 Å². The zero-order valence-electron chi connectivity index (χ0n) is 35.7. The van der Waals surface area contributed by atoms with Gasteiger partial charge in [-0.3, -0.25) is 24.4 Å². The second-order valence-corrected chi connectivity index (χ2v) is 18.5. The van der Waals surface area contributed by atoms with Gasteiger partial charge in [0, 0.05) is 72.8 Å². The number of nitrogens with zero attached hydrogens (tertiary/aromatic N) is 5. The Hall–Kier alpha value is -4.36. The number of anilines is 1. The van der Waals surface area contributed by atoms with Crippen molar-refractivity contribution in [2.45, 2.75) is 89.3 Å². The van der Waals surface area contributed by atoms with Gasteiger partial charge >= 0.3 is 0 Å². The van der Waals surface area contributed by atoms with Crippen molar-refractivity contribution in [2.24, 2.45) is 34.1 Å². The number of hydrogen-bond donors (Lipinski definition) is 3. The summed E-state index contributed by atoms with van der Waals surface area (Å²) in [5.74, 6) is 1.40. The van der Waals surface area contributed by atoms with Gasteiger partial charge in [-0.25, -0.2) is 0 Å². The van der Waals surface area contributed by atoms with Crippen molar-refractivity contribution in [3.63, 3.8) is 0 Å². The van der Waals surface area contributed by atoms with Crippen LogP contribution in [0.4, 0.5) is 5.69 Å². The Kier molecular flexibility index (Phi) is 11.8. The molecule has 4 saturated carbocycles. The molecule has 12 heteroatoms. The van der Waals surface area contributed by atoms with E-state index in [0.29, 0.717) is 41.0 Å². The molecule has 3 N–H and O–H groups in total. The van der Waals surface area contributed by atoms with Crippen LogP contribution in [0.2, 0.25) is 0 Å². The summed E-state index contributed by atoms with van der Waals surface area (Å²) in [6.07, 6.45) is 3.41. The molecule has 3 aromatic rings. The summed E-state index contributed by atoms with van der Waals surface area (Å²) in [5.41, 5.74) is 4.65. The first kappa shape index (κ1) is 41.8. The molecule has 5 fully saturated rings. The molecule has 2 amide bonds. The number of carbonyl (C=O) groups is 2. The Morgan fingerprint density at radius 3 is 2.52 bits per heavy atom. The first-order valence-corrected chi connectivity index (χ1v) is 20.8. The minimum atomic E-state index is -0.832. The van der Waals surface area contributed by atoms with Gasteiger partial charge in [-0.1, -0.05) is 45.0 Å². The van der Waals surface area contributed by atoms with Gasteiger partial charge in [0.05, 0.1) is 31.8 Å². The number of hydrogen-bond acceptors (Lipinski definition) is 10. The van der Waals surface area contributed by atoms with Crippen LogP contribution in [0.5, 0.6) is 5.75 Å². The second kappa shape index (κ2) is 16.4. The summed E-state index contributed by atoms with van der Waals surface area (Å²) in [6, 6.07) is 17.0. The van der Waals surface area contributed by atoms with Crippen molar-refractivity contribution < 1.29 is 24.3 Å². The minimum Gasteiger partial charge on any atom is -0.496 e. The summed E-state index contributed by atoms with van der Waals surface area (Å²) in [5, 5.41) is 19.7.